The molecule has 4 nitrogen and oxygen atoms in total. The summed E-state index contributed by atoms with van der Waals surface area (Å²) >= 11 is 6.13. The smallest absolute Gasteiger partial charge is 0.317 e. The van der Waals surface area contributed by atoms with Gasteiger partial charge in [0.1, 0.15) is 5.82 Å². The number of nitrogens with zero attached hydrogens (tertiary/aromatic N) is 1. The Morgan fingerprint density at radius 3 is 2.71 bits per heavy atom. The van der Waals surface area contributed by atoms with Crippen LogP contribution < -0.4 is 5.32 Å². The molecule has 0 atom stereocenters. The second kappa shape index (κ2) is 7.38. The number of rotatable bonds is 8. The average Bonchev–Trinajstić information content (AvgIpc) is 3.22. The van der Waals surface area contributed by atoms with Crippen molar-refractivity contribution >= 4 is 17.6 Å². The zero-order valence-corrected chi connectivity index (χ0v) is 14.7. The molecule has 2 aliphatic carbocycles. The van der Waals surface area contributed by atoms with E-state index >= 15 is 0 Å². The maximum Gasteiger partial charge on any atom is 0.317 e. The van der Waals surface area contributed by atoms with Crippen molar-refractivity contribution in [3.05, 3.63) is 34.1 Å². The van der Waals surface area contributed by atoms with Crippen molar-refractivity contribution < 1.29 is 14.3 Å². The predicted molar refractivity (Wildman–Crippen MR) is 91.7 cm³/mol. The molecule has 0 amide bonds. The van der Waals surface area contributed by atoms with Gasteiger partial charge in [-0.2, -0.15) is 0 Å². The van der Waals surface area contributed by atoms with Gasteiger partial charge >= 0.3 is 5.97 Å². The Bertz CT molecular complexity index is 592. The Morgan fingerprint density at radius 1 is 1.42 bits per heavy atom. The molecule has 0 aliphatic heterocycles. The van der Waals surface area contributed by atoms with Crippen molar-refractivity contribution in [3.8, 4) is 0 Å². The SMILES string of the molecule is Cc1cc(F)c(CNC2CC(N(CC(=O)O)CC3CC3)C2)c(Cl)c1. The molecule has 0 radical (unpaired) electrons. The van der Waals surface area contributed by atoms with Crippen molar-refractivity contribution in [2.24, 2.45) is 5.92 Å². The van der Waals surface area contributed by atoms with Crippen molar-refractivity contribution in [2.45, 2.75) is 51.2 Å². The van der Waals surface area contributed by atoms with Gasteiger partial charge in [-0.15, -0.1) is 0 Å². The molecular weight excluding hydrogens is 331 g/mol. The summed E-state index contributed by atoms with van der Waals surface area (Å²) in [5.41, 5.74) is 1.32. The van der Waals surface area contributed by atoms with Gasteiger partial charge in [0, 0.05) is 35.8 Å². The normalized spacial score (nSPS) is 23.3. The third-order valence-corrected chi connectivity index (χ3v) is 5.35. The molecular formula is C18H24ClFN2O2. The highest BCUT2D eigenvalue weighted by Crippen LogP contribution is 2.34. The fourth-order valence-corrected chi connectivity index (χ4v) is 3.68. The second-order valence-corrected chi connectivity index (χ2v) is 7.58. The van der Waals surface area contributed by atoms with Crippen LogP contribution >= 0.6 is 11.6 Å². The maximum absolute atomic E-state index is 14.0. The van der Waals surface area contributed by atoms with Crippen LogP contribution in [0.3, 0.4) is 0 Å². The first-order chi connectivity index (χ1) is 11.4. The van der Waals surface area contributed by atoms with Crippen LogP contribution in [-0.4, -0.2) is 41.1 Å². The molecule has 1 aromatic carbocycles. The number of benzene rings is 1. The van der Waals surface area contributed by atoms with Crippen LogP contribution in [0.25, 0.3) is 0 Å². The quantitative estimate of drug-likeness (QED) is 0.752. The van der Waals surface area contributed by atoms with Crippen LogP contribution in [0.5, 0.6) is 0 Å². The van der Waals surface area contributed by atoms with Crippen molar-refractivity contribution in [1.29, 1.82) is 0 Å². The van der Waals surface area contributed by atoms with E-state index in [2.05, 4.69) is 10.2 Å². The molecule has 6 heteroatoms. The molecule has 0 unspecified atom stereocenters. The molecule has 0 spiro atoms. The van der Waals surface area contributed by atoms with E-state index in [0.29, 0.717) is 35.1 Å². The highest BCUT2D eigenvalue weighted by atomic mass is 35.5. The molecule has 0 heterocycles. The molecule has 24 heavy (non-hydrogen) atoms. The lowest BCUT2D eigenvalue weighted by Gasteiger charge is -2.43. The van der Waals surface area contributed by atoms with E-state index in [4.69, 9.17) is 16.7 Å². The molecule has 0 saturated heterocycles. The molecule has 2 saturated carbocycles. The minimum Gasteiger partial charge on any atom is -0.480 e. The Labute approximate surface area is 147 Å². The van der Waals surface area contributed by atoms with Crippen molar-refractivity contribution in [3.63, 3.8) is 0 Å². The van der Waals surface area contributed by atoms with Gasteiger partial charge in [0.25, 0.3) is 0 Å². The van der Waals surface area contributed by atoms with E-state index in [1.165, 1.54) is 18.9 Å². The molecule has 2 aliphatic rings. The fraction of sp³-hybridized carbons (Fsp3) is 0.611. The molecule has 132 valence electrons. The summed E-state index contributed by atoms with van der Waals surface area (Å²) in [5.74, 6) is -0.359. The topological polar surface area (TPSA) is 52.6 Å². The third kappa shape index (κ3) is 4.47. The number of hydrogen-bond donors (Lipinski definition) is 2. The fourth-order valence-electron chi connectivity index (χ4n) is 3.35. The molecule has 3 rings (SSSR count). The highest BCUT2D eigenvalue weighted by molar-refractivity contribution is 6.31. The lowest BCUT2D eigenvalue weighted by atomic mass is 9.85. The van der Waals surface area contributed by atoms with Crippen LogP contribution in [0.1, 0.15) is 36.8 Å². The van der Waals surface area contributed by atoms with Gasteiger partial charge in [-0.25, -0.2) is 4.39 Å². The highest BCUT2D eigenvalue weighted by Gasteiger charge is 2.36. The van der Waals surface area contributed by atoms with Gasteiger partial charge in [0.05, 0.1) is 6.54 Å². The summed E-state index contributed by atoms with van der Waals surface area (Å²) in [6, 6.07) is 3.88. The van der Waals surface area contributed by atoms with Gasteiger partial charge in [-0.1, -0.05) is 11.6 Å². The Balaban J connectivity index is 1.48. The number of carbonyl (C=O) groups is 1. The second-order valence-electron chi connectivity index (χ2n) is 7.18. The number of carboxylic acids is 1. The van der Waals surface area contributed by atoms with Crippen LogP contribution in [0.4, 0.5) is 4.39 Å². The zero-order chi connectivity index (χ0) is 17.3. The Kier molecular flexibility index (Phi) is 5.42. The summed E-state index contributed by atoms with van der Waals surface area (Å²) in [7, 11) is 0. The van der Waals surface area contributed by atoms with E-state index in [9.17, 15) is 9.18 Å². The van der Waals surface area contributed by atoms with Crippen molar-refractivity contribution in [1.82, 2.24) is 10.2 Å². The molecule has 2 fully saturated rings. The number of halogens is 2. The maximum atomic E-state index is 14.0. The van der Waals surface area contributed by atoms with Gasteiger partial charge < -0.3 is 10.4 Å². The van der Waals surface area contributed by atoms with Crippen LogP contribution in [0, 0.1) is 18.7 Å². The minimum atomic E-state index is -0.763. The third-order valence-electron chi connectivity index (χ3n) is 5.01. The van der Waals surface area contributed by atoms with Gasteiger partial charge in [-0.3, -0.25) is 9.69 Å². The molecule has 2 N–H and O–H groups in total. The number of aliphatic carboxylic acids is 1. The standard InChI is InChI=1S/C18H24ClFN2O2/c1-11-4-16(19)15(17(20)5-11)8-21-13-6-14(7-13)22(10-18(23)24)9-12-2-3-12/h4-5,12-14,21H,2-3,6-10H2,1H3,(H,23,24). The summed E-state index contributed by atoms with van der Waals surface area (Å²) in [6.45, 7) is 3.23. The Hall–Kier alpha value is -1.17. The number of carboxylic acid groups (broad SMARTS) is 1. The van der Waals surface area contributed by atoms with E-state index in [1.807, 2.05) is 6.92 Å². The zero-order valence-electron chi connectivity index (χ0n) is 13.9. The van der Waals surface area contributed by atoms with Gasteiger partial charge in [0.15, 0.2) is 0 Å². The largest absolute Gasteiger partial charge is 0.480 e. The van der Waals surface area contributed by atoms with Crippen LogP contribution in [-0.2, 0) is 11.3 Å². The average molecular weight is 355 g/mol. The molecule has 1 aromatic rings. The van der Waals surface area contributed by atoms with E-state index in [-0.39, 0.29) is 12.4 Å². The van der Waals surface area contributed by atoms with Gasteiger partial charge in [-0.05, 0) is 56.2 Å². The number of nitrogens with one attached hydrogen (secondary N) is 1. The first-order valence-electron chi connectivity index (χ1n) is 8.56. The summed E-state index contributed by atoms with van der Waals surface area (Å²) in [4.78, 5) is 13.1. The van der Waals surface area contributed by atoms with Crippen LogP contribution in [0.2, 0.25) is 5.02 Å². The first kappa shape index (κ1) is 17.6. The summed E-state index contributed by atoms with van der Waals surface area (Å²) < 4.78 is 14.0. The summed E-state index contributed by atoms with van der Waals surface area (Å²) in [5, 5.41) is 12.9. The first-order valence-corrected chi connectivity index (χ1v) is 8.94. The van der Waals surface area contributed by atoms with Crippen LogP contribution in [0.15, 0.2) is 12.1 Å². The number of hydrogen-bond acceptors (Lipinski definition) is 3. The minimum absolute atomic E-state index is 0.117. The van der Waals surface area contributed by atoms with E-state index in [1.54, 1.807) is 6.07 Å². The van der Waals surface area contributed by atoms with E-state index < -0.39 is 5.97 Å². The monoisotopic (exact) mass is 354 g/mol. The molecule has 0 bridgehead atoms. The lowest BCUT2D eigenvalue weighted by molar-refractivity contribution is -0.139. The molecule has 0 aromatic heterocycles. The van der Waals surface area contributed by atoms with Gasteiger partial charge in [0.2, 0.25) is 0 Å². The van der Waals surface area contributed by atoms with Crippen molar-refractivity contribution in [2.75, 3.05) is 13.1 Å². The van der Waals surface area contributed by atoms with E-state index in [0.717, 1.165) is 24.9 Å². The Morgan fingerprint density at radius 2 is 2.12 bits per heavy atom. The number of aryl methyl sites for hydroxylation is 1. The predicted octanol–water partition coefficient (Wildman–Crippen LogP) is 3.20. The summed E-state index contributed by atoms with van der Waals surface area (Å²) in [6.07, 6.45) is 4.25. The lowest BCUT2D eigenvalue weighted by Crippen LogP contribution is -2.54.